The number of aliphatic hydroxyl groups is 3. The minimum atomic E-state index is -0.446. The van der Waals surface area contributed by atoms with E-state index in [0.717, 1.165) is 29.9 Å². The van der Waals surface area contributed by atoms with E-state index in [2.05, 4.69) is 73.6 Å². The van der Waals surface area contributed by atoms with E-state index in [1.54, 1.807) is 0 Å². The summed E-state index contributed by atoms with van der Waals surface area (Å²) < 4.78 is 0. The van der Waals surface area contributed by atoms with Crippen LogP contribution in [-0.2, 0) is 4.79 Å². The van der Waals surface area contributed by atoms with Crippen molar-refractivity contribution in [2.75, 3.05) is 6.61 Å². The SMILES string of the molecule is CC1=C[C@H](O)CC(C)(C)[C@H]1/C=C/C(C)CCCC(C)CCCCC(C)C/C=C/C(CO)C(=O)CC1=C(C)C[C@@H](O)CC1(C)C. The molecule has 4 unspecified atom stereocenters. The maximum Gasteiger partial charge on any atom is 0.146 e. The Kier molecular flexibility index (Phi) is 15.8. The molecule has 4 heteroatoms. The molecule has 0 aromatic rings. The molecule has 2 aliphatic carbocycles. The predicted octanol–water partition coefficient (Wildman–Crippen LogP) is 9.55. The standard InChI is InChI=1S/C40H68O4/c1-28(16-12-17-30(3)20-21-36-31(4)22-34(42)25-39(36,6)7)14-10-11-15-29(2)18-13-19-33(27-41)38(44)24-37-32(5)23-35(43)26-40(37,8)9/h13,19-22,28-30,33-36,41-43H,10-12,14-18,23-27H2,1-9H3/b19-13+,21-20+/t28?,29?,30?,33?,34-,35+,36-/m0/s1. The molecule has 0 saturated carbocycles. The first-order chi connectivity index (χ1) is 20.6. The highest BCUT2D eigenvalue weighted by atomic mass is 16.3. The number of Topliss-reactive ketones (excluding diaryl/α,β-unsaturated/α-hetero) is 1. The molecule has 0 radical (unpaired) electrons. The summed E-state index contributed by atoms with van der Waals surface area (Å²) >= 11 is 0. The van der Waals surface area contributed by atoms with Gasteiger partial charge in [0.2, 0.25) is 0 Å². The molecule has 0 saturated heterocycles. The van der Waals surface area contributed by atoms with Crippen LogP contribution in [0.15, 0.2) is 47.1 Å². The Bertz CT molecular complexity index is 1010. The van der Waals surface area contributed by atoms with Crippen molar-refractivity contribution in [2.45, 2.75) is 152 Å². The molecule has 7 atom stereocenters. The molecule has 2 aliphatic rings. The van der Waals surface area contributed by atoms with Crippen molar-refractivity contribution >= 4 is 5.78 Å². The second-order valence-corrected chi connectivity index (χ2v) is 16.2. The Balaban J connectivity index is 1.64. The Morgan fingerprint density at radius 1 is 0.932 bits per heavy atom. The maximum atomic E-state index is 13.0. The van der Waals surface area contributed by atoms with E-state index < -0.39 is 5.92 Å². The van der Waals surface area contributed by atoms with E-state index in [1.165, 1.54) is 50.5 Å². The number of aliphatic hydroxyl groups excluding tert-OH is 3. The molecule has 0 heterocycles. The number of unbranched alkanes of at least 4 members (excludes halogenated alkanes) is 1. The molecule has 44 heavy (non-hydrogen) atoms. The summed E-state index contributed by atoms with van der Waals surface area (Å²) in [6.45, 7) is 19.8. The van der Waals surface area contributed by atoms with Crippen LogP contribution in [0, 0.1) is 40.4 Å². The van der Waals surface area contributed by atoms with E-state index in [4.69, 9.17) is 0 Å². The van der Waals surface area contributed by atoms with Crippen LogP contribution in [-0.4, -0.2) is 39.9 Å². The zero-order valence-electron chi connectivity index (χ0n) is 29.9. The minimum absolute atomic E-state index is 0.0794. The van der Waals surface area contributed by atoms with Crippen LogP contribution >= 0.6 is 0 Å². The van der Waals surface area contributed by atoms with Crippen molar-refractivity contribution in [1.82, 2.24) is 0 Å². The second kappa shape index (κ2) is 18.0. The monoisotopic (exact) mass is 613 g/mol. The van der Waals surface area contributed by atoms with Gasteiger partial charge in [-0.15, -0.1) is 0 Å². The van der Waals surface area contributed by atoms with Crippen LogP contribution in [0.1, 0.15) is 139 Å². The van der Waals surface area contributed by atoms with Gasteiger partial charge in [-0.05, 0) is 74.5 Å². The number of hydrogen-bond donors (Lipinski definition) is 3. The number of hydrogen-bond acceptors (Lipinski definition) is 4. The largest absolute Gasteiger partial charge is 0.395 e. The van der Waals surface area contributed by atoms with Crippen molar-refractivity contribution in [3.05, 3.63) is 47.1 Å². The van der Waals surface area contributed by atoms with E-state index in [-0.39, 0.29) is 35.4 Å². The van der Waals surface area contributed by atoms with Crippen LogP contribution in [0.3, 0.4) is 0 Å². The van der Waals surface area contributed by atoms with Gasteiger partial charge in [0.25, 0.3) is 0 Å². The van der Waals surface area contributed by atoms with Crippen LogP contribution in [0.5, 0.6) is 0 Å². The first kappa shape index (κ1) is 38.7. The zero-order valence-corrected chi connectivity index (χ0v) is 29.9. The molecule has 0 spiro atoms. The lowest BCUT2D eigenvalue weighted by Crippen LogP contribution is -2.32. The number of carbonyl (C=O) groups is 1. The summed E-state index contributed by atoms with van der Waals surface area (Å²) in [7, 11) is 0. The first-order valence-corrected chi connectivity index (χ1v) is 17.8. The first-order valence-electron chi connectivity index (χ1n) is 17.8. The quantitative estimate of drug-likeness (QED) is 0.106. The number of carbonyl (C=O) groups excluding carboxylic acids is 1. The third-order valence-corrected chi connectivity index (χ3v) is 10.6. The third-order valence-electron chi connectivity index (χ3n) is 10.6. The molecular weight excluding hydrogens is 544 g/mol. The normalized spacial score (nSPS) is 26.5. The van der Waals surface area contributed by atoms with Crippen molar-refractivity contribution < 1.29 is 20.1 Å². The highest BCUT2D eigenvalue weighted by Crippen LogP contribution is 2.43. The van der Waals surface area contributed by atoms with E-state index in [1.807, 2.05) is 19.1 Å². The topological polar surface area (TPSA) is 77.8 Å². The van der Waals surface area contributed by atoms with E-state index in [9.17, 15) is 20.1 Å². The molecule has 0 aliphatic heterocycles. The van der Waals surface area contributed by atoms with Crippen LogP contribution < -0.4 is 0 Å². The van der Waals surface area contributed by atoms with Crippen LogP contribution in [0.4, 0.5) is 0 Å². The predicted molar refractivity (Wildman–Crippen MR) is 186 cm³/mol. The highest BCUT2D eigenvalue weighted by Gasteiger charge is 2.35. The molecule has 0 bridgehead atoms. The zero-order chi connectivity index (χ0) is 33.1. The average molecular weight is 613 g/mol. The van der Waals surface area contributed by atoms with E-state index in [0.29, 0.717) is 37.0 Å². The summed E-state index contributed by atoms with van der Waals surface area (Å²) in [5, 5.41) is 30.2. The van der Waals surface area contributed by atoms with Gasteiger partial charge in [0, 0.05) is 12.3 Å². The Labute approximate surface area is 271 Å². The second-order valence-electron chi connectivity index (χ2n) is 16.2. The van der Waals surface area contributed by atoms with Crippen molar-refractivity contribution in [1.29, 1.82) is 0 Å². The summed E-state index contributed by atoms with van der Waals surface area (Å²) in [6.07, 6.45) is 22.5. The van der Waals surface area contributed by atoms with Gasteiger partial charge in [-0.1, -0.05) is 134 Å². The summed E-state index contributed by atoms with van der Waals surface area (Å²) in [5.41, 5.74) is 3.49. The molecular formula is C40H68O4. The number of allylic oxidation sites excluding steroid dienone is 5. The summed E-state index contributed by atoms with van der Waals surface area (Å²) in [6, 6.07) is 0. The van der Waals surface area contributed by atoms with Gasteiger partial charge in [-0.2, -0.15) is 0 Å². The Hall–Kier alpha value is -1.49. The number of ketones is 1. The number of rotatable bonds is 18. The molecule has 2 rings (SSSR count). The van der Waals surface area contributed by atoms with Gasteiger partial charge in [0.15, 0.2) is 0 Å². The fourth-order valence-electron chi connectivity index (χ4n) is 7.87. The van der Waals surface area contributed by atoms with Crippen LogP contribution in [0.2, 0.25) is 0 Å². The molecule has 4 nitrogen and oxygen atoms in total. The fourth-order valence-corrected chi connectivity index (χ4v) is 7.87. The highest BCUT2D eigenvalue weighted by molar-refractivity contribution is 5.85. The van der Waals surface area contributed by atoms with Gasteiger partial charge in [0.05, 0.1) is 24.7 Å². The lowest BCUT2D eigenvalue weighted by molar-refractivity contribution is -0.122. The van der Waals surface area contributed by atoms with Crippen LogP contribution in [0.25, 0.3) is 0 Å². The molecule has 0 fully saturated rings. The smallest absolute Gasteiger partial charge is 0.146 e. The fraction of sp³-hybridized carbons (Fsp3) is 0.775. The van der Waals surface area contributed by atoms with Gasteiger partial charge in [-0.25, -0.2) is 0 Å². The Morgan fingerprint density at radius 3 is 2.18 bits per heavy atom. The molecule has 252 valence electrons. The third kappa shape index (κ3) is 12.7. The van der Waals surface area contributed by atoms with Gasteiger partial charge in [0.1, 0.15) is 5.78 Å². The lowest BCUT2D eigenvalue weighted by Gasteiger charge is -2.39. The van der Waals surface area contributed by atoms with Gasteiger partial charge < -0.3 is 15.3 Å². The molecule has 0 aromatic carbocycles. The minimum Gasteiger partial charge on any atom is -0.395 e. The van der Waals surface area contributed by atoms with Gasteiger partial charge >= 0.3 is 0 Å². The van der Waals surface area contributed by atoms with Crippen molar-refractivity contribution in [2.24, 2.45) is 40.4 Å². The lowest BCUT2D eigenvalue weighted by atomic mass is 9.67. The Morgan fingerprint density at radius 2 is 1.57 bits per heavy atom. The van der Waals surface area contributed by atoms with Gasteiger partial charge in [-0.3, -0.25) is 4.79 Å². The van der Waals surface area contributed by atoms with Crippen molar-refractivity contribution in [3.63, 3.8) is 0 Å². The summed E-state index contributed by atoms with van der Waals surface area (Å²) in [4.78, 5) is 13.0. The molecule has 3 N–H and O–H groups in total. The molecule has 0 aromatic heterocycles. The molecule has 0 amide bonds. The average Bonchev–Trinajstić information content (AvgIpc) is 2.89. The maximum absolute atomic E-state index is 13.0. The summed E-state index contributed by atoms with van der Waals surface area (Å²) in [5.74, 6) is 1.97. The van der Waals surface area contributed by atoms with E-state index >= 15 is 0 Å². The van der Waals surface area contributed by atoms with Crippen molar-refractivity contribution in [3.8, 4) is 0 Å².